The highest BCUT2D eigenvalue weighted by Crippen LogP contribution is 2.19. The predicted octanol–water partition coefficient (Wildman–Crippen LogP) is 1.84. The Hall–Kier alpha value is -2.58. The van der Waals surface area contributed by atoms with E-state index in [1.54, 1.807) is 36.4 Å². The van der Waals surface area contributed by atoms with Crippen molar-refractivity contribution in [1.82, 2.24) is 10.6 Å². The molecular weight excluding hydrogens is 366 g/mol. The fourth-order valence-corrected chi connectivity index (χ4v) is 3.68. The highest BCUT2D eigenvalue weighted by Gasteiger charge is 2.18. The topological polar surface area (TPSA) is 96.5 Å². The van der Waals surface area contributed by atoms with Gasteiger partial charge in [0.1, 0.15) is 5.75 Å². The van der Waals surface area contributed by atoms with E-state index >= 15 is 0 Å². The third-order valence-corrected chi connectivity index (χ3v) is 5.66. The SMILES string of the molecule is CCOc1ccc(S(=O)(=O)Nc2ccc(C(=O)NCC3CNC3)cc2)cc1. The van der Waals surface area contributed by atoms with Gasteiger partial charge >= 0.3 is 0 Å². The van der Waals surface area contributed by atoms with Gasteiger partial charge < -0.3 is 15.4 Å². The zero-order valence-corrected chi connectivity index (χ0v) is 15.9. The lowest BCUT2D eigenvalue weighted by atomic mass is 10.0. The summed E-state index contributed by atoms with van der Waals surface area (Å²) >= 11 is 0. The minimum atomic E-state index is -3.71. The van der Waals surface area contributed by atoms with Crippen LogP contribution >= 0.6 is 0 Å². The average Bonchev–Trinajstić information content (AvgIpc) is 2.61. The summed E-state index contributed by atoms with van der Waals surface area (Å²) in [5.74, 6) is 0.932. The van der Waals surface area contributed by atoms with Crippen LogP contribution < -0.4 is 20.1 Å². The first-order chi connectivity index (χ1) is 13.0. The Morgan fingerprint density at radius 1 is 1.11 bits per heavy atom. The predicted molar refractivity (Wildman–Crippen MR) is 104 cm³/mol. The molecule has 27 heavy (non-hydrogen) atoms. The zero-order valence-electron chi connectivity index (χ0n) is 15.1. The van der Waals surface area contributed by atoms with Crippen molar-refractivity contribution in [2.24, 2.45) is 5.92 Å². The second-order valence-corrected chi connectivity index (χ2v) is 8.00. The number of anilines is 1. The number of hydrogen-bond acceptors (Lipinski definition) is 5. The highest BCUT2D eigenvalue weighted by molar-refractivity contribution is 7.92. The largest absolute Gasteiger partial charge is 0.494 e. The Morgan fingerprint density at radius 2 is 1.78 bits per heavy atom. The van der Waals surface area contributed by atoms with E-state index in [9.17, 15) is 13.2 Å². The number of benzene rings is 2. The van der Waals surface area contributed by atoms with Crippen molar-refractivity contribution < 1.29 is 17.9 Å². The quantitative estimate of drug-likeness (QED) is 0.640. The van der Waals surface area contributed by atoms with Gasteiger partial charge in [0.25, 0.3) is 15.9 Å². The molecule has 2 aromatic rings. The summed E-state index contributed by atoms with van der Waals surface area (Å²) in [7, 11) is -3.71. The Bertz CT molecular complexity index is 876. The molecular formula is C19H23N3O4S. The number of rotatable bonds is 8. The standard InChI is InChI=1S/C19H23N3O4S/c1-2-26-17-7-9-18(10-8-17)27(24,25)22-16-5-3-15(4-6-16)19(23)21-13-14-11-20-12-14/h3-10,14,20,22H,2,11-13H2,1H3,(H,21,23). The van der Waals surface area contributed by atoms with E-state index < -0.39 is 10.0 Å². The van der Waals surface area contributed by atoms with Crippen molar-refractivity contribution >= 4 is 21.6 Å². The number of nitrogens with one attached hydrogen (secondary N) is 3. The number of amides is 1. The van der Waals surface area contributed by atoms with Crippen molar-refractivity contribution in [1.29, 1.82) is 0 Å². The molecule has 2 aromatic carbocycles. The van der Waals surface area contributed by atoms with Crippen LogP contribution in [-0.2, 0) is 10.0 Å². The van der Waals surface area contributed by atoms with E-state index in [-0.39, 0.29) is 10.8 Å². The first-order valence-corrected chi connectivity index (χ1v) is 10.3. The highest BCUT2D eigenvalue weighted by atomic mass is 32.2. The molecule has 0 saturated carbocycles. The average molecular weight is 389 g/mol. The number of ether oxygens (including phenoxy) is 1. The van der Waals surface area contributed by atoms with Gasteiger partial charge in [0.15, 0.2) is 0 Å². The van der Waals surface area contributed by atoms with Gasteiger partial charge in [0, 0.05) is 36.8 Å². The maximum atomic E-state index is 12.5. The van der Waals surface area contributed by atoms with Crippen LogP contribution in [0.15, 0.2) is 53.4 Å². The second-order valence-electron chi connectivity index (χ2n) is 6.32. The van der Waals surface area contributed by atoms with Gasteiger partial charge in [-0.05, 0) is 55.5 Å². The van der Waals surface area contributed by atoms with Gasteiger partial charge in [-0.3, -0.25) is 9.52 Å². The number of hydrogen-bond donors (Lipinski definition) is 3. The number of sulfonamides is 1. The van der Waals surface area contributed by atoms with Crippen molar-refractivity contribution in [2.45, 2.75) is 11.8 Å². The van der Waals surface area contributed by atoms with E-state index in [0.29, 0.717) is 36.1 Å². The molecule has 0 aromatic heterocycles. The minimum Gasteiger partial charge on any atom is -0.494 e. The summed E-state index contributed by atoms with van der Waals surface area (Å²) in [6.07, 6.45) is 0. The molecule has 1 saturated heterocycles. The Labute approximate surface area is 159 Å². The molecule has 1 aliphatic heterocycles. The molecule has 1 heterocycles. The molecule has 1 aliphatic rings. The Morgan fingerprint density at radius 3 is 2.33 bits per heavy atom. The fourth-order valence-electron chi connectivity index (χ4n) is 2.62. The van der Waals surface area contributed by atoms with Crippen LogP contribution in [0, 0.1) is 5.92 Å². The fraction of sp³-hybridized carbons (Fsp3) is 0.316. The van der Waals surface area contributed by atoms with Crippen LogP contribution in [0.1, 0.15) is 17.3 Å². The van der Waals surface area contributed by atoms with Gasteiger partial charge in [0.2, 0.25) is 0 Å². The monoisotopic (exact) mass is 389 g/mol. The molecule has 1 amide bonds. The third kappa shape index (κ3) is 4.99. The van der Waals surface area contributed by atoms with Gasteiger partial charge in [-0.25, -0.2) is 8.42 Å². The van der Waals surface area contributed by atoms with Crippen LogP contribution in [0.5, 0.6) is 5.75 Å². The summed E-state index contributed by atoms with van der Waals surface area (Å²) in [4.78, 5) is 12.3. The van der Waals surface area contributed by atoms with E-state index in [4.69, 9.17) is 4.74 Å². The van der Waals surface area contributed by atoms with Crippen molar-refractivity contribution in [3.63, 3.8) is 0 Å². The first-order valence-electron chi connectivity index (χ1n) is 8.82. The molecule has 144 valence electrons. The van der Waals surface area contributed by atoms with E-state index in [1.807, 2.05) is 6.92 Å². The summed E-state index contributed by atoms with van der Waals surface area (Å²) in [5, 5.41) is 6.03. The molecule has 3 rings (SSSR count). The smallest absolute Gasteiger partial charge is 0.261 e. The molecule has 0 spiro atoms. The van der Waals surface area contributed by atoms with Crippen LogP contribution in [-0.4, -0.2) is 40.6 Å². The molecule has 0 unspecified atom stereocenters. The summed E-state index contributed by atoms with van der Waals surface area (Å²) in [6, 6.07) is 12.6. The lowest BCUT2D eigenvalue weighted by Gasteiger charge is -2.27. The molecule has 0 aliphatic carbocycles. The molecule has 0 radical (unpaired) electrons. The molecule has 1 fully saturated rings. The van der Waals surface area contributed by atoms with E-state index in [2.05, 4.69) is 15.4 Å². The van der Waals surface area contributed by atoms with Crippen LogP contribution in [0.3, 0.4) is 0 Å². The van der Waals surface area contributed by atoms with Crippen molar-refractivity contribution in [3.8, 4) is 5.75 Å². The van der Waals surface area contributed by atoms with Crippen LogP contribution in [0.4, 0.5) is 5.69 Å². The molecule has 8 heteroatoms. The lowest BCUT2D eigenvalue weighted by Crippen LogP contribution is -2.48. The maximum Gasteiger partial charge on any atom is 0.261 e. The Kier molecular flexibility index (Phi) is 5.98. The number of carbonyl (C=O) groups excluding carboxylic acids is 1. The van der Waals surface area contributed by atoms with Crippen LogP contribution in [0.25, 0.3) is 0 Å². The normalized spacial score (nSPS) is 14.3. The van der Waals surface area contributed by atoms with Crippen LogP contribution in [0.2, 0.25) is 0 Å². The Balaban J connectivity index is 1.61. The maximum absolute atomic E-state index is 12.5. The molecule has 7 nitrogen and oxygen atoms in total. The minimum absolute atomic E-state index is 0.141. The summed E-state index contributed by atoms with van der Waals surface area (Å²) in [5.41, 5.74) is 0.884. The zero-order chi connectivity index (χ0) is 19.3. The number of carbonyl (C=O) groups is 1. The summed E-state index contributed by atoms with van der Waals surface area (Å²) < 4.78 is 32.8. The third-order valence-electron chi connectivity index (χ3n) is 4.26. The molecule has 3 N–H and O–H groups in total. The van der Waals surface area contributed by atoms with Gasteiger partial charge in [-0.2, -0.15) is 0 Å². The van der Waals surface area contributed by atoms with Gasteiger partial charge in [0.05, 0.1) is 11.5 Å². The lowest BCUT2D eigenvalue weighted by molar-refractivity contribution is 0.0942. The van der Waals surface area contributed by atoms with Gasteiger partial charge in [-0.1, -0.05) is 0 Å². The van der Waals surface area contributed by atoms with E-state index in [1.165, 1.54) is 12.1 Å². The van der Waals surface area contributed by atoms with Gasteiger partial charge in [-0.15, -0.1) is 0 Å². The molecule has 0 bridgehead atoms. The van der Waals surface area contributed by atoms with Crippen molar-refractivity contribution in [2.75, 3.05) is 31.0 Å². The second kappa shape index (κ2) is 8.41. The molecule has 0 atom stereocenters. The summed E-state index contributed by atoms with van der Waals surface area (Å²) in [6.45, 7) is 4.86. The first kappa shape index (κ1) is 19.2. The van der Waals surface area contributed by atoms with Crippen molar-refractivity contribution in [3.05, 3.63) is 54.1 Å². The van der Waals surface area contributed by atoms with E-state index in [0.717, 1.165) is 13.1 Å².